The fourth-order valence-electron chi connectivity index (χ4n) is 2.11. The number of amides is 2. The fourth-order valence-corrected chi connectivity index (χ4v) is 2.11. The van der Waals surface area contributed by atoms with E-state index in [2.05, 4.69) is 10.3 Å². The molecule has 1 aromatic carbocycles. The van der Waals surface area contributed by atoms with Crippen LogP contribution in [0.3, 0.4) is 0 Å². The Labute approximate surface area is 122 Å². The second-order valence-electron chi connectivity index (χ2n) is 4.72. The minimum atomic E-state index is -1.02. The van der Waals surface area contributed by atoms with Gasteiger partial charge in [-0.1, -0.05) is 25.1 Å². The highest BCUT2D eigenvalue weighted by Gasteiger charge is 2.24. The van der Waals surface area contributed by atoms with Gasteiger partial charge in [-0.15, -0.1) is 0 Å². The summed E-state index contributed by atoms with van der Waals surface area (Å²) in [4.78, 5) is 28.6. The molecule has 0 aliphatic heterocycles. The van der Waals surface area contributed by atoms with Crippen LogP contribution in [0, 0.1) is 0 Å². The SMILES string of the molecule is CCC(C(=O)O)N(C)C(=O)Nc1cnc2ccccc2c1. The number of hydrogen-bond acceptors (Lipinski definition) is 3. The second-order valence-corrected chi connectivity index (χ2v) is 4.72. The van der Waals surface area contributed by atoms with Gasteiger partial charge in [0.1, 0.15) is 6.04 Å². The van der Waals surface area contributed by atoms with Gasteiger partial charge in [0.05, 0.1) is 17.4 Å². The van der Waals surface area contributed by atoms with Crippen molar-refractivity contribution in [1.29, 1.82) is 0 Å². The molecule has 0 fully saturated rings. The molecular formula is C15H17N3O3. The van der Waals surface area contributed by atoms with Gasteiger partial charge in [-0.3, -0.25) is 4.98 Å². The molecule has 0 aliphatic rings. The number of urea groups is 1. The largest absolute Gasteiger partial charge is 0.480 e. The molecule has 0 bridgehead atoms. The van der Waals surface area contributed by atoms with Crippen LogP contribution in [0.4, 0.5) is 10.5 Å². The number of nitrogens with zero attached hydrogens (tertiary/aromatic N) is 2. The van der Waals surface area contributed by atoms with Crippen molar-refractivity contribution in [1.82, 2.24) is 9.88 Å². The molecule has 110 valence electrons. The van der Waals surface area contributed by atoms with Gasteiger partial charge in [0.15, 0.2) is 0 Å². The second kappa shape index (κ2) is 6.21. The van der Waals surface area contributed by atoms with Crippen LogP contribution in [-0.2, 0) is 4.79 Å². The Hall–Kier alpha value is -2.63. The zero-order valence-electron chi connectivity index (χ0n) is 11.9. The lowest BCUT2D eigenvalue weighted by Gasteiger charge is -2.23. The van der Waals surface area contributed by atoms with Crippen molar-refractivity contribution < 1.29 is 14.7 Å². The number of aromatic nitrogens is 1. The van der Waals surface area contributed by atoms with Crippen LogP contribution >= 0.6 is 0 Å². The molecule has 1 heterocycles. The lowest BCUT2D eigenvalue weighted by molar-refractivity contribution is -0.141. The van der Waals surface area contributed by atoms with E-state index in [4.69, 9.17) is 5.11 Å². The van der Waals surface area contributed by atoms with Crippen LogP contribution in [-0.4, -0.2) is 40.1 Å². The highest BCUT2D eigenvalue weighted by molar-refractivity contribution is 5.94. The van der Waals surface area contributed by atoms with E-state index in [1.807, 2.05) is 24.3 Å². The molecule has 6 nitrogen and oxygen atoms in total. The number of rotatable bonds is 4. The summed E-state index contributed by atoms with van der Waals surface area (Å²) in [6.07, 6.45) is 1.89. The van der Waals surface area contributed by atoms with Crippen molar-refractivity contribution in [3.63, 3.8) is 0 Å². The standard InChI is InChI=1S/C15H17N3O3/c1-3-13(14(19)20)18(2)15(21)17-11-8-10-6-4-5-7-12(10)16-9-11/h4-9,13H,3H2,1-2H3,(H,17,21)(H,19,20). The topological polar surface area (TPSA) is 82.5 Å². The van der Waals surface area contributed by atoms with Crippen molar-refractivity contribution in [2.75, 3.05) is 12.4 Å². The Kier molecular flexibility index (Phi) is 4.37. The monoisotopic (exact) mass is 287 g/mol. The molecule has 0 spiro atoms. The van der Waals surface area contributed by atoms with Gasteiger partial charge in [-0.25, -0.2) is 9.59 Å². The number of nitrogens with one attached hydrogen (secondary N) is 1. The predicted octanol–water partition coefficient (Wildman–Crippen LogP) is 2.56. The maximum Gasteiger partial charge on any atom is 0.326 e. The molecule has 0 aliphatic carbocycles. The number of carboxylic acids is 1. The summed E-state index contributed by atoms with van der Waals surface area (Å²) in [5.74, 6) is -1.02. The van der Waals surface area contributed by atoms with Crippen LogP contribution < -0.4 is 5.32 Å². The average Bonchev–Trinajstić information content (AvgIpc) is 2.47. The third-order valence-corrected chi connectivity index (χ3v) is 3.30. The lowest BCUT2D eigenvalue weighted by atomic mass is 10.2. The van der Waals surface area contributed by atoms with Gasteiger partial charge >= 0.3 is 12.0 Å². The Morgan fingerprint density at radius 1 is 1.38 bits per heavy atom. The van der Waals surface area contributed by atoms with Gasteiger partial charge in [0.2, 0.25) is 0 Å². The summed E-state index contributed by atoms with van der Waals surface area (Å²) < 4.78 is 0. The lowest BCUT2D eigenvalue weighted by Crippen LogP contribution is -2.44. The number of pyridine rings is 1. The van der Waals surface area contributed by atoms with E-state index in [1.165, 1.54) is 11.9 Å². The molecular weight excluding hydrogens is 270 g/mol. The molecule has 2 aromatic rings. The summed E-state index contributed by atoms with van der Waals surface area (Å²) >= 11 is 0. The molecule has 0 radical (unpaired) electrons. The molecule has 21 heavy (non-hydrogen) atoms. The first kappa shape index (κ1) is 14.8. The van der Waals surface area contributed by atoms with Crippen LogP contribution in [0.1, 0.15) is 13.3 Å². The summed E-state index contributed by atoms with van der Waals surface area (Å²) in [5, 5.41) is 12.6. The number of anilines is 1. The minimum absolute atomic E-state index is 0.342. The highest BCUT2D eigenvalue weighted by Crippen LogP contribution is 2.16. The van der Waals surface area contributed by atoms with Gasteiger partial charge in [0, 0.05) is 12.4 Å². The van der Waals surface area contributed by atoms with Crippen molar-refractivity contribution in [3.05, 3.63) is 36.5 Å². The number of carbonyl (C=O) groups excluding carboxylic acids is 1. The molecule has 1 unspecified atom stereocenters. The maximum absolute atomic E-state index is 12.1. The zero-order valence-corrected chi connectivity index (χ0v) is 11.9. The fraction of sp³-hybridized carbons (Fsp3) is 0.267. The number of likely N-dealkylation sites (N-methyl/N-ethyl adjacent to an activating group) is 1. The smallest absolute Gasteiger partial charge is 0.326 e. The van der Waals surface area contributed by atoms with Crippen LogP contribution in [0.2, 0.25) is 0 Å². The van der Waals surface area contributed by atoms with E-state index < -0.39 is 18.0 Å². The summed E-state index contributed by atoms with van der Waals surface area (Å²) in [6, 6.07) is 8.04. The predicted molar refractivity (Wildman–Crippen MR) is 80.2 cm³/mol. The Morgan fingerprint density at radius 3 is 2.76 bits per heavy atom. The first-order chi connectivity index (χ1) is 10.0. The van der Waals surface area contributed by atoms with E-state index in [0.717, 1.165) is 10.9 Å². The van der Waals surface area contributed by atoms with Crippen molar-refractivity contribution in [2.45, 2.75) is 19.4 Å². The molecule has 2 rings (SSSR count). The third-order valence-electron chi connectivity index (χ3n) is 3.30. The van der Waals surface area contributed by atoms with Gasteiger partial charge < -0.3 is 15.3 Å². The van der Waals surface area contributed by atoms with E-state index in [0.29, 0.717) is 12.1 Å². The van der Waals surface area contributed by atoms with Crippen molar-refractivity contribution in [3.8, 4) is 0 Å². The minimum Gasteiger partial charge on any atom is -0.480 e. The zero-order chi connectivity index (χ0) is 15.4. The summed E-state index contributed by atoms with van der Waals surface area (Å²) in [5.41, 5.74) is 1.37. The Bertz CT molecular complexity index is 672. The Balaban J connectivity index is 2.15. The molecule has 1 atom stereocenters. The Morgan fingerprint density at radius 2 is 2.10 bits per heavy atom. The van der Waals surface area contributed by atoms with Gasteiger partial charge in [-0.05, 0) is 18.6 Å². The number of carbonyl (C=O) groups is 2. The van der Waals surface area contributed by atoms with Crippen molar-refractivity contribution >= 4 is 28.6 Å². The number of fused-ring (bicyclic) bond motifs is 1. The quantitative estimate of drug-likeness (QED) is 0.905. The van der Waals surface area contributed by atoms with E-state index in [9.17, 15) is 9.59 Å². The molecule has 0 saturated heterocycles. The van der Waals surface area contributed by atoms with E-state index in [1.54, 1.807) is 19.2 Å². The van der Waals surface area contributed by atoms with Gasteiger partial charge in [-0.2, -0.15) is 0 Å². The van der Waals surface area contributed by atoms with E-state index in [-0.39, 0.29) is 0 Å². The van der Waals surface area contributed by atoms with E-state index >= 15 is 0 Å². The number of aliphatic carboxylic acids is 1. The highest BCUT2D eigenvalue weighted by atomic mass is 16.4. The molecule has 1 aromatic heterocycles. The normalized spacial score (nSPS) is 11.9. The third kappa shape index (κ3) is 3.28. The number of hydrogen-bond donors (Lipinski definition) is 2. The first-order valence-electron chi connectivity index (χ1n) is 6.64. The van der Waals surface area contributed by atoms with Crippen LogP contribution in [0.15, 0.2) is 36.5 Å². The van der Waals surface area contributed by atoms with Crippen molar-refractivity contribution in [2.24, 2.45) is 0 Å². The first-order valence-corrected chi connectivity index (χ1v) is 6.64. The summed E-state index contributed by atoms with van der Waals surface area (Å²) in [6.45, 7) is 1.72. The average molecular weight is 287 g/mol. The summed E-state index contributed by atoms with van der Waals surface area (Å²) in [7, 11) is 1.46. The molecule has 2 N–H and O–H groups in total. The molecule has 6 heteroatoms. The molecule has 2 amide bonds. The van der Waals surface area contributed by atoms with Crippen LogP contribution in [0.5, 0.6) is 0 Å². The number of benzene rings is 1. The van der Waals surface area contributed by atoms with Gasteiger partial charge in [0.25, 0.3) is 0 Å². The molecule has 0 saturated carbocycles. The van der Waals surface area contributed by atoms with Crippen LogP contribution in [0.25, 0.3) is 10.9 Å². The number of carboxylic acid groups (broad SMARTS) is 1. The number of para-hydroxylation sites is 1. The maximum atomic E-state index is 12.1.